The number of nitrogen functional groups attached to an aromatic ring is 1. The Morgan fingerprint density at radius 2 is 2.05 bits per heavy atom. The molecule has 0 aliphatic carbocycles. The van der Waals surface area contributed by atoms with E-state index in [1.165, 1.54) is 6.33 Å². The number of benzene rings is 1. The summed E-state index contributed by atoms with van der Waals surface area (Å²) in [5, 5.41) is 3.12. The molecule has 20 heavy (non-hydrogen) atoms. The molecule has 0 spiro atoms. The van der Waals surface area contributed by atoms with Crippen molar-refractivity contribution in [1.29, 1.82) is 0 Å². The summed E-state index contributed by atoms with van der Waals surface area (Å²) >= 11 is 0. The van der Waals surface area contributed by atoms with Gasteiger partial charge in [0.1, 0.15) is 17.8 Å². The standard InChI is InChI=1S/C14H18N4O2/c1-9(2)20-14-12(15)13(16-8-17-14)18-10-5-4-6-11(7-10)19-3/h4-9H,15H2,1-3H3,(H,16,17,18). The van der Waals surface area contributed by atoms with Crippen LogP contribution in [0.2, 0.25) is 0 Å². The molecule has 0 atom stereocenters. The van der Waals surface area contributed by atoms with E-state index in [-0.39, 0.29) is 6.10 Å². The molecule has 0 radical (unpaired) electrons. The minimum Gasteiger partial charge on any atom is -0.497 e. The molecule has 0 aliphatic rings. The van der Waals surface area contributed by atoms with Gasteiger partial charge in [-0.2, -0.15) is 4.98 Å². The first-order valence-corrected chi connectivity index (χ1v) is 6.28. The number of methoxy groups -OCH3 is 1. The van der Waals surface area contributed by atoms with Gasteiger partial charge in [-0.25, -0.2) is 4.98 Å². The zero-order valence-corrected chi connectivity index (χ0v) is 11.8. The highest BCUT2D eigenvalue weighted by molar-refractivity contribution is 5.72. The van der Waals surface area contributed by atoms with Gasteiger partial charge in [0.25, 0.3) is 0 Å². The molecule has 2 rings (SSSR count). The Morgan fingerprint density at radius 1 is 1.25 bits per heavy atom. The number of rotatable bonds is 5. The molecule has 6 nitrogen and oxygen atoms in total. The third-order valence-corrected chi connectivity index (χ3v) is 2.53. The van der Waals surface area contributed by atoms with Crippen LogP contribution in [0.5, 0.6) is 11.6 Å². The van der Waals surface area contributed by atoms with Crippen molar-refractivity contribution in [3.63, 3.8) is 0 Å². The van der Waals surface area contributed by atoms with Gasteiger partial charge in [0.15, 0.2) is 5.82 Å². The molecule has 0 fully saturated rings. The van der Waals surface area contributed by atoms with Crippen LogP contribution in [-0.2, 0) is 0 Å². The van der Waals surface area contributed by atoms with Crippen LogP contribution < -0.4 is 20.5 Å². The van der Waals surface area contributed by atoms with E-state index in [2.05, 4.69) is 15.3 Å². The first-order chi connectivity index (χ1) is 9.60. The molecule has 6 heteroatoms. The van der Waals surface area contributed by atoms with Crippen LogP contribution in [0.3, 0.4) is 0 Å². The molecule has 1 aromatic carbocycles. The van der Waals surface area contributed by atoms with Gasteiger partial charge >= 0.3 is 0 Å². The number of hydrogen-bond acceptors (Lipinski definition) is 6. The average molecular weight is 274 g/mol. The molecular formula is C14H18N4O2. The predicted molar refractivity (Wildman–Crippen MR) is 78.5 cm³/mol. The summed E-state index contributed by atoms with van der Waals surface area (Å²) in [5.74, 6) is 1.63. The summed E-state index contributed by atoms with van der Waals surface area (Å²) in [7, 11) is 1.62. The highest BCUT2D eigenvalue weighted by Crippen LogP contribution is 2.29. The fourth-order valence-electron chi connectivity index (χ4n) is 1.63. The molecule has 0 saturated carbocycles. The number of anilines is 3. The normalized spacial score (nSPS) is 10.4. The van der Waals surface area contributed by atoms with Crippen LogP contribution in [0.15, 0.2) is 30.6 Å². The van der Waals surface area contributed by atoms with Crippen molar-refractivity contribution in [1.82, 2.24) is 9.97 Å². The Bertz CT molecular complexity index is 587. The van der Waals surface area contributed by atoms with Crippen molar-refractivity contribution in [2.45, 2.75) is 20.0 Å². The van der Waals surface area contributed by atoms with E-state index in [1.807, 2.05) is 38.1 Å². The van der Waals surface area contributed by atoms with E-state index < -0.39 is 0 Å². The second-order valence-corrected chi connectivity index (χ2v) is 4.46. The lowest BCUT2D eigenvalue weighted by atomic mass is 10.3. The molecule has 0 unspecified atom stereocenters. The van der Waals surface area contributed by atoms with E-state index in [4.69, 9.17) is 15.2 Å². The van der Waals surface area contributed by atoms with Gasteiger partial charge in [0, 0.05) is 11.8 Å². The van der Waals surface area contributed by atoms with Crippen molar-refractivity contribution in [3.05, 3.63) is 30.6 Å². The topological polar surface area (TPSA) is 82.3 Å². The van der Waals surface area contributed by atoms with E-state index in [1.54, 1.807) is 7.11 Å². The van der Waals surface area contributed by atoms with Crippen LogP contribution in [0, 0.1) is 0 Å². The minimum atomic E-state index is -0.00290. The van der Waals surface area contributed by atoms with Gasteiger partial charge in [-0.3, -0.25) is 0 Å². The highest BCUT2D eigenvalue weighted by atomic mass is 16.5. The minimum absolute atomic E-state index is 0.00290. The lowest BCUT2D eigenvalue weighted by Gasteiger charge is -2.14. The molecule has 2 aromatic rings. The van der Waals surface area contributed by atoms with Gasteiger partial charge in [0.05, 0.1) is 13.2 Å². The number of ether oxygens (including phenoxy) is 2. The van der Waals surface area contributed by atoms with Crippen molar-refractivity contribution < 1.29 is 9.47 Å². The third kappa shape index (κ3) is 3.28. The lowest BCUT2D eigenvalue weighted by molar-refractivity contribution is 0.234. The fourth-order valence-corrected chi connectivity index (χ4v) is 1.63. The maximum absolute atomic E-state index is 6.01. The zero-order chi connectivity index (χ0) is 14.5. The fraction of sp³-hybridized carbons (Fsp3) is 0.286. The lowest BCUT2D eigenvalue weighted by Crippen LogP contribution is -2.10. The predicted octanol–water partition coefficient (Wildman–Crippen LogP) is 2.60. The maximum Gasteiger partial charge on any atom is 0.242 e. The summed E-state index contributed by atoms with van der Waals surface area (Å²) in [5.41, 5.74) is 7.21. The molecule has 0 saturated heterocycles. The van der Waals surface area contributed by atoms with Gasteiger partial charge in [0.2, 0.25) is 5.88 Å². The number of nitrogens with two attached hydrogens (primary N) is 1. The average Bonchev–Trinajstić information content (AvgIpc) is 2.43. The Labute approximate surface area is 118 Å². The van der Waals surface area contributed by atoms with Crippen LogP contribution >= 0.6 is 0 Å². The van der Waals surface area contributed by atoms with Gasteiger partial charge in [-0.1, -0.05) is 6.07 Å². The molecule has 0 amide bonds. The SMILES string of the molecule is COc1cccc(Nc2ncnc(OC(C)C)c2N)c1. The van der Waals surface area contributed by atoms with Crippen molar-refractivity contribution in [2.75, 3.05) is 18.2 Å². The van der Waals surface area contributed by atoms with E-state index in [0.29, 0.717) is 17.4 Å². The second kappa shape index (κ2) is 6.10. The monoisotopic (exact) mass is 274 g/mol. The highest BCUT2D eigenvalue weighted by Gasteiger charge is 2.11. The Kier molecular flexibility index (Phi) is 4.24. The van der Waals surface area contributed by atoms with Crippen molar-refractivity contribution >= 4 is 17.2 Å². The quantitative estimate of drug-likeness (QED) is 0.872. The molecular weight excluding hydrogens is 256 g/mol. The third-order valence-electron chi connectivity index (χ3n) is 2.53. The Hall–Kier alpha value is -2.50. The number of hydrogen-bond donors (Lipinski definition) is 2. The molecule has 3 N–H and O–H groups in total. The number of nitrogens with zero attached hydrogens (tertiary/aromatic N) is 2. The zero-order valence-electron chi connectivity index (χ0n) is 11.8. The summed E-state index contributed by atoms with van der Waals surface area (Å²) in [6, 6.07) is 7.49. The number of aromatic nitrogens is 2. The summed E-state index contributed by atoms with van der Waals surface area (Å²) in [4.78, 5) is 8.16. The second-order valence-electron chi connectivity index (χ2n) is 4.46. The summed E-state index contributed by atoms with van der Waals surface area (Å²) < 4.78 is 10.7. The first kappa shape index (κ1) is 13.9. The van der Waals surface area contributed by atoms with Gasteiger partial charge < -0.3 is 20.5 Å². The summed E-state index contributed by atoms with van der Waals surface area (Å²) in [6.45, 7) is 3.83. The van der Waals surface area contributed by atoms with Gasteiger partial charge in [-0.05, 0) is 26.0 Å². The largest absolute Gasteiger partial charge is 0.497 e. The van der Waals surface area contributed by atoms with E-state index >= 15 is 0 Å². The van der Waals surface area contributed by atoms with Crippen LogP contribution in [0.1, 0.15) is 13.8 Å². The first-order valence-electron chi connectivity index (χ1n) is 6.28. The molecule has 1 heterocycles. The van der Waals surface area contributed by atoms with Crippen LogP contribution in [0.25, 0.3) is 0 Å². The maximum atomic E-state index is 6.01. The van der Waals surface area contributed by atoms with Crippen LogP contribution in [-0.4, -0.2) is 23.2 Å². The van der Waals surface area contributed by atoms with E-state index in [9.17, 15) is 0 Å². The van der Waals surface area contributed by atoms with Gasteiger partial charge in [-0.15, -0.1) is 0 Å². The molecule has 106 valence electrons. The molecule has 0 aliphatic heterocycles. The smallest absolute Gasteiger partial charge is 0.242 e. The van der Waals surface area contributed by atoms with E-state index in [0.717, 1.165) is 11.4 Å². The molecule has 1 aromatic heterocycles. The summed E-state index contributed by atoms with van der Waals surface area (Å²) in [6.07, 6.45) is 1.41. The van der Waals surface area contributed by atoms with Crippen LogP contribution in [0.4, 0.5) is 17.2 Å². The Balaban J connectivity index is 2.24. The number of nitrogens with one attached hydrogen (secondary N) is 1. The van der Waals surface area contributed by atoms with Crippen molar-refractivity contribution in [2.24, 2.45) is 0 Å². The molecule has 0 bridgehead atoms. The van der Waals surface area contributed by atoms with Crippen molar-refractivity contribution in [3.8, 4) is 11.6 Å². The Morgan fingerprint density at radius 3 is 2.75 bits per heavy atom.